The summed E-state index contributed by atoms with van der Waals surface area (Å²) in [7, 11) is -4.11. The molecule has 0 spiro atoms. The number of ketones is 1. The lowest BCUT2D eigenvalue weighted by atomic mass is 9.75. The van der Waals surface area contributed by atoms with E-state index in [4.69, 9.17) is 9.32 Å². The summed E-state index contributed by atoms with van der Waals surface area (Å²) in [6.07, 6.45) is 2.63. The second-order valence-corrected chi connectivity index (χ2v) is 7.50. The number of hydrogen-bond donors (Lipinski definition) is 1. The molecule has 0 bridgehead atoms. The van der Waals surface area contributed by atoms with Gasteiger partial charge in [0.25, 0.3) is 0 Å². The van der Waals surface area contributed by atoms with Gasteiger partial charge in [0.1, 0.15) is 5.75 Å². The van der Waals surface area contributed by atoms with Crippen LogP contribution in [0.25, 0.3) is 5.57 Å². The second-order valence-electron chi connectivity index (χ2n) is 6.34. The molecular weight excluding hydrogens is 338 g/mol. The summed E-state index contributed by atoms with van der Waals surface area (Å²) in [4.78, 5) is 13.1. The highest BCUT2D eigenvalue weighted by Crippen LogP contribution is 2.47. The molecule has 2 aliphatic carbocycles. The summed E-state index contributed by atoms with van der Waals surface area (Å²) in [5.74, 6) is -0.229. The van der Waals surface area contributed by atoms with Crippen molar-refractivity contribution in [2.45, 2.75) is 25.2 Å². The fourth-order valence-electron chi connectivity index (χ4n) is 3.85. The maximum Gasteiger partial charge on any atom is 0.380 e. The molecular formula is C19H17NO4S. The van der Waals surface area contributed by atoms with Crippen molar-refractivity contribution in [3.05, 3.63) is 70.8 Å². The topological polar surface area (TPSA) is 86.5 Å². The van der Waals surface area contributed by atoms with Gasteiger partial charge in [-0.1, -0.05) is 36.4 Å². The number of Topliss-reactive ketones (excluding diaryl/α,β-unsaturated/α-hetero) is 1. The first-order valence-electron chi connectivity index (χ1n) is 8.12. The Morgan fingerprint density at radius 3 is 2.44 bits per heavy atom. The van der Waals surface area contributed by atoms with Crippen molar-refractivity contribution >= 4 is 21.7 Å². The van der Waals surface area contributed by atoms with Crippen LogP contribution >= 0.6 is 0 Å². The zero-order chi connectivity index (χ0) is 17.6. The van der Waals surface area contributed by atoms with Gasteiger partial charge in [0.05, 0.1) is 5.92 Å². The number of benzene rings is 2. The predicted molar refractivity (Wildman–Crippen MR) is 94.2 cm³/mol. The normalized spacial score (nSPS) is 19.6. The first-order valence-corrected chi connectivity index (χ1v) is 9.59. The van der Waals surface area contributed by atoms with Crippen molar-refractivity contribution < 1.29 is 17.4 Å². The highest BCUT2D eigenvalue weighted by atomic mass is 32.2. The monoisotopic (exact) mass is 355 g/mol. The summed E-state index contributed by atoms with van der Waals surface area (Å²) in [6, 6.07) is 14.6. The van der Waals surface area contributed by atoms with Crippen LogP contribution in [-0.2, 0) is 15.1 Å². The van der Waals surface area contributed by atoms with Gasteiger partial charge in [-0.15, -0.1) is 0 Å². The van der Waals surface area contributed by atoms with E-state index in [-0.39, 0.29) is 11.5 Å². The third kappa shape index (κ3) is 2.88. The fourth-order valence-corrected chi connectivity index (χ4v) is 4.22. The molecule has 0 aliphatic heterocycles. The zero-order valence-corrected chi connectivity index (χ0v) is 14.3. The average Bonchev–Trinajstić information content (AvgIpc) is 3.04. The van der Waals surface area contributed by atoms with Crippen molar-refractivity contribution in [2.75, 3.05) is 0 Å². The van der Waals surface area contributed by atoms with Crippen LogP contribution < -0.4 is 9.32 Å². The predicted octanol–water partition coefficient (Wildman–Crippen LogP) is 2.92. The minimum Gasteiger partial charge on any atom is -0.371 e. The van der Waals surface area contributed by atoms with Gasteiger partial charge < -0.3 is 4.18 Å². The standard InChI is InChI=1S/C19H17NO4S/c20-25(22,23)24-13-9-10-15-14-7-4-8-16(14)19(21)18(17(15)11-13)12-5-2-1-3-6-12/h1-3,5-6,9-11,18H,4,7-8H2,(H2,20,22,23). The van der Waals surface area contributed by atoms with E-state index in [0.29, 0.717) is 0 Å². The van der Waals surface area contributed by atoms with E-state index in [1.165, 1.54) is 0 Å². The average molecular weight is 355 g/mol. The minimum atomic E-state index is -4.11. The minimum absolute atomic E-state index is 0.0963. The van der Waals surface area contributed by atoms with Gasteiger partial charge in [0.2, 0.25) is 0 Å². The lowest BCUT2D eigenvalue weighted by molar-refractivity contribution is -0.116. The smallest absolute Gasteiger partial charge is 0.371 e. The van der Waals surface area contributed by atoms with Gasteiger partial charge in [-0.3, -0.25) is 4.79 Å². The van der Waals surface area contributed by atoms with Crippen molar-refractivity contribution in [3.63, 3.8) is 0 Å². The largest absolute Gasteiger partial charge is 0.380 e. The number of rotatable bonds is 3. The number of carbonyl (C=O) groups is 1. The molecule has 0 radical (unpaired) electrons. The van der Waals surface area contributed by atoms with Crippen LogP contribution in [0.4, 0.5) is 0 Å². The molecule has 5 nitrogen and oxygen atoms in total. The molecule has 25 heavy (non-hydrogen) atoms. The molecule has 0 saturated carbocycles. The number of fused-ring (bicyclic) bond motifs is 2. The van der Waals surface area contributed by atoms with E-state index >= 15 is 0 Å². The molecule has 4 rings (SSSR count). The van der Waals surface area contributed by atoms with Gasteiger partial charge in [-0.05, 0) is 59.2 Å². The molecule has 0 amide bonds. The third-order valence-electron chi connectivity index (χ3n) is 4.78. The Bertz CT molecular complexity index is 993. The third-order valence-corrected chi connectivity index (χ3v) is 5.21. The van der Waals surface area contributed by atoms with Crippen molar-refractivity contribution in [1.82, 2.24) is 0 Å². The number of allylic oxidation sites excluding steroid dienone is 2. The molecule has 0 fully saturated rings. The Morgan fingerprint density at radius 2 is 1.72 bits per heavy atom. The summed E-state index contributed by atoms with van der Waals surface area (Å²) >= 11 is 0. The van der Waals surface area contributed by atoms with E-state index in [2.05, 4.69) is 0 Å². The van der Waals surface area contributed by atoms with Crippen molar-refractivity contribution in [1.29, 1.82) is 0 Å². The molecule has 2 aromatic carbocycles. The number of hydrogen-bond acceptors (Lipinski definition) is 4. The van der Waals surface area contributed by atoms with Gasteiger partial charge in [0, 0.05) is 0 Å². The van der Waals surface area contributed by atoms with E-state index in [9.17, 15) is 13.2 Å². The molecule has 128 valence electrons. The van der Waals surface area contributed by atoms with Crippen LogP contribution in [0.15, 0.2) is 54.1 Å². The summed E-state index contributed by atoms with van der Waals surface area (Å²) in [5.41, 5.74) is 4.65. The summed E-state index contributed by atoms with van der Waals surface area (Å²) in [5, 5.41) is 4.98. The Hall–Kier alpha value is -2.44. The Kier molecular flexibility index (Phi) is 3.74. The summed E-state index contributed by atoms with van der Waals surface area (Å²) < 4.78 is 27.3. The molecule has 0 aromatic heterocycles. The Labute approximate surface area is 146 Å². The van der Waals surface area contributed by atoms with Crippen LogP contribution in [0, 0.1) is 0 Å². The Morgan fingerprint density at radius 1 is 1.00 bits per heavy atom. The highest BCUT2D eigenvalue weighted by Gasteiger charge is 2.37. The molecule has 0 heterocycles. The second kappa shape index (κ2) is 5.82. The van der Waals surface area contributed by atoms with Gasteiger partial charge >= 0.3 is 10.3 Å². The van der Waals surface area contributed by atoms with E-state index in [0.717, 1.165) is 47.1 Å². The lowest BCUT2D eigenvalue weighted by Gasteiger charge is -2.27. The van der Waals surface area contributed by atoms with Gasteiger partial charge in [-0.2, -0.15) is 13.6 Å². The molecule has 6 heteroatoms. The van der Waals surface area contributed by atoms with Crippen LogP contribution in [-0.4, -0.2) is 14.2 Å². The molecule has 2 N–H and O–H groups in total. The van der Waals surface area contributed by atoms with E-state index in [1.807, 2.05) is 36.4 Å². The van der Waals surface area contributed by atoms with Crippen LogP contribution in [0.1, 0.15) is 41.9 Å². The maximum absolute atomic E-state index is 13.1. The first-order chi connectivity index (χ1) is 11.9. The van der Waals surface area contributed by atoms with Crippen LogP contribution in [0.2, 0.25) is 0 Å². The van der Waals surface area contributed by atoms with Crippen LogP contribution in [0.5, 0.6) is 5.75 Å². The van der Waals surface area contributed by atoms with E-state index in [1.54, 1.807) is 12.1 Å². The molecule has 2 aliphatic rings. The molecule has 2 aromatic rings. The van der Waals surface area contributed by atoms with E-state index < -0.39 is 16.2 Å². The fraction of sp³-hybridized carbons (Fsp3) is 0.211. The van der Waals surface area contributed by atoms with Gasteiger partial charge in [0.15, 0.2) is 5.78 Å². The molecule has 1 unspecified atom stereocenters. The quantitative estimate of drug-likeness (QED) is 0.917. The summed E-state index contributed by atoms with van der Waals surface area (Å²) in [6.45, 7) is 0. The first kappa shape index (κ1) is 16.1. The van der Waals surface area contributed by atoms with Crippen LogP contribution in [0.3, 0.4) is 0 Å². The molecule has 0 saturated heterocycles. The number of carbonyl (C=O) groups excluding carboxylic acids is 1. The maximum atomic E-state index is 13.1. The Balaban J connectivity index is 1.90. The molecule has 1 atom stereocenters. The zero-order valence-electron chi connectivity index (χ0n) is 13.4. The number of nitrogens with two attached hydrogens (primary N) is 1. The lowest BCUT2D eigenvalue weighted by Crippen LogP contribution is -2.23. The SMILES string of the molecule is NS(=O)(=O)Oc1ccc2c(c1)C(c1ccccc1)C(=O)C1=C2CCC1. The van der Waals surface area contributed by atoms with Gasteiger partial charge in [-0.25, -0.2) is 0 Å². The highest BCUT2D eigenvalue weighted by molar-refractivity contribution is 7.84. The van der Waals surface area contributed by atoms with Crippen molar-refractivity contribution in [3.8, 4) is 5.75 Å². The van der Waals surface area contributed by atoms with Crippen molar-refractivity contribution in [2.24, 2.45) is 5.14 Å².